The molecule has 0 bridgehead atoms. The lowest BCUT2D eigenvalue weighted by molar-refractivity contribution is -0.159. The third-order valence-corrected chi connectivity index (χ3v) is 5.00. The fraction of sp³-hybridized carbons (Fsp3) is 0.650. The molecule has 1 heterocycles. The maximum absolute atomic E-state index is 12.2. The third kappa shape index (κ3) is 4.60. The van der Waals surface area contributed by atoms with Gasteiger partial charge in [0.1, 0.15) is 5.75 Å². The molecule has 1 aromatic carbocycles. The molecule has 0 spiro atoms. The molecule has 0 aromatic heterocycles. The molecule has 0 aliphatic carbocycles. The van der Waals surface area contributed by atoms with E-state index in [4.69, 9.17) is 18.8 Å². The highest BCUT2D eigenvalue weighted by molar-refractivity contribution is 6.62. The average molecular weight is 362 g/mol. The molecule has 144 valence electrons. The van der Waals surface area contributed by atoms with Crippen LogP contribution in [0.5, 0.6) is 5.75 Å². The first kappa shape index (κ1) is 20.8. The summed E-state index contributed by atoms with van der Waals surface area (Å²) in [6.07, 6.45) is 1.83. The Morgan fingerprint density at radius 1 is 1.08 bits per heavy atom. The molecule has 0 saturated carbocycles. The Hall–Kier alpha value is -1.53. The molecule has 26 heavy (non-hydrogen) atoms. The number of rotatable bonds is 7. The van der Waals surface area contributed by atoms with Gasteiger partial charge in [-0.3, -0.25) is 0 Å². The summed E-state index contributed by atoms with van der Waals surface area (Å²) in [6.45, 7) is 14.0. The van der Waals surface area contributed by atoms with Crippen LogP contribution in [0.25, 0.3) is 0 Å². The van der Waals surface area contributed by atoms with Gasteiger partial charge in [0.2, 0.25) is 0 Å². The van der Waals surface area contributed by atoms with Crippen LogP contribution in [0.4, 0.5) is 0 Å². The zero-order valence-electron chi connectivity index (χ0n) is 17.0. The van der Waals surface area contributed by atoms with Crippen LogP contribution in [0.1, 0.15) is 61.3 Å². The molecule has 2 rings (SSSR count). The minimum absolute atomic E-state index is 0.360. The summed E-state index contributed by atoms with van der Waals surface area (Å²) in [5, 5.41) is 0. The van der Waals surface area contributed by atoms with Gasteiger partial charge in [0.15, 0.2) is 5.60 Å². The lowest BCUT2D eigenvalue weighted by Crippen LogP contribution is -2.41. The zero-order chi connectivity index (χ0) is 19.6. The number of ether oxygens (including phenoxy) is 2. The van der Waals surface area contributed by atoms with Gasteiger partial charge in [-0.1, -0.05) is 25.5 Å². The predicted molar refractivity (Wildman–Crippen MR) is 103 cm³/mol. The van der Waals surface area contributed by atoms with Gasteiger partial charge in [-0.25, -0.2) is 4.79 Å². The van der Waals surface area contributed by atoms with E-state index in [0.29, 0.717) is 12.4 Å². The van der Waals surface area contributed by atoms with Crippen molar-refractivity contribution >= 4 is 18.6 Å². The van der Waals surface area contributed by atoms with Crippen molar-refractivity contribution in [3.8, 4) is 5.75 Å². The number of benzene rings is 1. The second-order valence-corrected chi connectivity index (χ2v) is 8.26. The number of carbonyl (C=O) groups excluding carboxylic acids is 1. The van der Waals surface area contributed by atoms with Crippen molar-refractivity contribution in [3.05, 3.63) is 24.3 Å². The van der Waals surface area contributed by atoms with E-state index in [9.17, 15) is 4.79 Å². The fourth-order valence-electron chi connectivity index (χ4n) is 2.49. The van der Waals surface area contributed by atoms with E-state index in [1.807, 2.05) is 52.0 Å². The van der Waals surface area contributed by atoms with Crippen molar-refractivity contribution in [2.24, 2.45) is 0 Å². The molecule has 1 aliphatic heterocycles. The molecule has 0 unspecified atom stereocenters. The van der Waals surface area contributed by atoms with Crippen LogP contribution in [0, 0.1) is 0 Å². The van der Waals surface area contributed by atoms with Gasteiger partial charge in [-0.15, -0.1) is 0 Å². The summed E-state index contributed by atoms with van der Waals surface area (Å²) in [4.78, 5) is 12.2. The van der Waals surface area contributed by atoms with Crippen molar-refractivity contribution in [2.45, 2.75) is 78.1 Å². The van der Waals surface area contributed by atoms with Gasteiger partial charge < -0.3 is 18.8 Å². The summed E-state index contributed by atoms with van der Waals surface area (Å²) in [6, 6.07) is 7.44. The molecular formula is C20H31BO5. The van der Waals surface area contributed by atoms with E-state index in [2.05, 4.69) is 6.92 Å². The molecule has 0 N–H and O–H groups in total. The standard InChI is InChI=1S/C20H31BO5/c1-8-9-14-23-17(22)18(2,3)24-16-12-10-15(11-13-16)21-25-19(4,5)20(6,7)26-21/h10-13H,8-9,14H2,1-7H3. The van der Waals surface area contributed by atoms with E-state index in [0.717, 1.165) is 18.3 Å². The highest BCUT2D eigenvalue weighted by Crippen LogP contribution is 2.36. The highest BCUT2D eigenvalue weighted by atomic mass is 16.7. The number of hydrogen-bond donors (Lipinski definition) is 0. The molecule has 1 fully saturated rings. The first-order chi connectivity index (χ1) is 12.0. The van der Waals surface area contributed by atoms with Gasteiger partial charge in [0.25, 0.3) is 0 Å². The summed E-state index contributed by atoms with van der Waals surface area (Å²) in [5.74, 6) is 0.240. The van der Waals surface area contributed by atoms with Crippen molar-refractivity contribution in [2.75, 3.05) is 6.61 Å². The smallest absolute Gasteiger partial charge is 0.476 e. The Labute approximate surface area is 157 Å². The largest absolute Gasteiger partial charge is 0.494 e. The Morgan fingerprint density at radius 2 is 1.62 bits per heavy atom. The Bertz CT molecular complexity index is 606. The summed E-state index contributed by atoms with van der Waals surface area (Å²) in [5.41, 5.74) is -0.882. The molecule has 1 aliphatic rings. The molecule has 6 heteroatoms. The summed E-state index contributed by atoms with van der Waals surface area (Å²) < 4.78 is 23.2. The quantitative estimate of drug-likeness (QED) is 0.422. The van der Waals surface area contributed by atoms with Crippen LogP contribution in [-0.2, 0) is 18.8 Å². The SMILES string of the molecule is CCCCOC(=O)C(C)(C)Oc1ccc(B2OC(C)(C)C(C)(C)O2)cc1. The van der Waals surface area contributed by atoms with Gasteiger partial charge in [-0.2, -0.15) is 0 Å². The van der Waals surface area contributed by atoms with Gasteiger partial charge >= 0.3 is 13.1 Å². The molecule has 5 nitrogen and oxygen atoms in total. The van der Waals surface area contributed by atoms with Crippen LogP contribution in [0.15, 0.2) is 24.3 Å². The Balaban J connectivity index is 2.00. The normalized spacial score (nSPS) is 18.7. The second-order valence-electron chi connectivity index (χ2n) is 8.26. The second kappa shape index (κ2) is 7.61. The Morgan fingerprint density at radius 3 is 2.12 bits per heavy atom. The monoisotopic (exact) mass is 362 g/mol. The van der Waals surface area contributed by atoms with Gasteiger partial charge in [0, 0.05) is 0 Å². The van der Waals surface area contributed by atoms with Gasteiger partial charge in [0.05, 0.1) is 17.8 Å². The maximum atomic E-state index is 12.2. The van der Waals surface area contributed by atoms with Crippen molar-refractivity contribution in [1.29, 1.82) is 0 Å². The van der Waals surface area contributed by atoms with E-state index >= 15 is 0 Å². The van der Waals surface area contributed by atoms with Crippen molar-refractivity contribution in [3.63, 3.8) is 0 Å². The molecule has 0 amide bonds. The minimum Gasteiger partial charge on any atom is -0.476 e. The lowest BCUT2D eigenvalue weighted by Gasteiger charge is -2.32. The van der Waals surface area contributed by atoms with Crippen LogP contribution in [-0.4, -0.2) is 36.5 Å². The van der Waals surface area contributed by atoms with Crippen LogP contribution in [0.3, 0.4) is 0 Å². The summed E-state index contributed by atoms with van der Waals surface area (Å²) >= 11 is 0. The van der Waals surface area contributed by atoms with Crippen LogP contribution in [0.2, 0.25) is 0 Å². The molecule has 1 aromatic rings. The third-order valence-electron chi connectivity index (χ3n) is 5.00. The lowest BCUT2D eigenvalue weighted by atomic mass is 9.79. The topological polar surface area (TPSA) is 54.0 Å². The van der Waals surface area contributed by atoms with Crippen molar-refractivity contribution < 1.29 is 23.6 Å². The number of carbonyl (C=O) groups is 1. The number of unbranched alkanes of at least 4 members (excludes halogenated alkanes) is 1. The van der Waals surface area contributed by atoms with Crippen LogP contribution < -0.4 is 10.2 Å². The average Bonchev–Trinajstić information content (AvgIpc) is 2.76. The van der Waals surface area contributed by atoms with E-state index in [1.54, 1.807) is 13.8 Å². The fourth-order valence-corrected chi connectivity index (χ4v) is 2.49. The van der Waals surface area contributed by atoms with E-state index < -0.39 is 12.7 Å². The number of esters is 1. The Kier molecular flexibility index (Phi) is 6.08. The van der Waals surface area contributed by atoms with Crippen molar-refractivity contribution in [1.82, 2.24) is 0 Å². The maximum Gasteiger partial charge on any atom is 0.494 e. The number of hydrogen-bond acceptors (Lipinski definition) is 5. The predicted octanol–water partition coefficient (Wildman–Crippen LogP) is 3.49. The van der Waals surface area contributed by atoms with E-state index in [1.165, 1.54) is 0 Å². The minimum atomic E-state index is -1.04. The highest BCUT2D eigenvalue weighted by Gasteiger charge is 2.51. The molecule has 0 radical (unpaired) electrons. The molecular weight excluding hydrogens is 331 g/mol. The van der Waals surface area contributed by atoms with Gasteiger partial charge in [-0.05, 0) is 65.6 Å². The summed E-state index contributed by atoms with van der Waals surface area (Å²) in [7, 11) is -0.416. The first-order valence-corrected chi connectivity index (χ1v) is 9.30. The zero-order valence-corrected chi connectivity index (χ0v) is 17.0. The van der Waals surface area contributed by atoms with E-state index in [-0.39, 0.29) is 17.2 Å². The first-order valence-electron chi connectivity index (χ1n) is 9.30. The molecule has 1 saturated heterocycles. The molecule has 0 atom stereocenters. The van der Waals surface area contributed by atoms with Crippen LogP contribution >= 0.6 is 0 Å².